The van der Waals surface area contributed by atoms with E-state index >= 15 is 0 Å². The maximum atomic E-state index is 13.3. The number of ether oxygens (including phenoxy) is 1. The Morgan fingerprint density at radius 3 is 2.26 bits per heavy atom. The van der Waals surface area contributed by atoms with Gasteiger partial charge in [-0.15, -0.1) is 0 Å². The first-order chi connectivity index (χ1) is 14.7. The van der Waals surface area contributed by atoms with E-state index in [0.29, 0.717) is 32.2 Å². The standard InChI is InChI=1S/C23H35N3O4S/c1-24(2)23(20-7-5-4-6-8-20)11-9-22(10-12-23)18-25(13-14-31(3,28)29)21(27)26(22)15-19-16-30-17-19/h4-8,19H,9-18H2,1-3H3/t22-,23-. The lowest BCUT2D eigenvalue weighted by Crippen LogP contribution is -2.57. The summed E-state index contributed by atoms with van der Waals surface area (Å²) in [5, 5.41) is 0. The third kappa shape index (κ3) is 4.34. The Kier molecular flexibility index (Phi) is 6.09. The maximum Gasteiger partial charge on any atom is 0.320 e. The Bertz CT molecular complexity index is 891. The van der Waals surface area contributed by atoms with Crippen molar-refractivity contribution in [2.24, 2.45) is 5.92 Å². The minimum Gasteiger partial charge on any atom is -0.381 e. The molecule has 2 saturated heterocycles. The van der Waals surface area contributed by atoms with Crippen molar-refractivity contribution in [3.8, 4) is 0 Å². The van der Waals surface area contributed by atoms with E-state index in [1.54, 1.807) is 4.90 Å². The molecule has 7 nitrogen and oxygen atoms in total. The van der Waals surface area contributed by atoms with E-state index in [4.69, 9.17) is 4.74 Å². The van der Waals surface area contributed by atoms with Crippen LogP contribution in [-0.4, -0.2) is 93.6 Å². The zero-order valence-corrected chi connectivity index (χ0v) is 19.7. The van der Waals surface area contributed by atoms with Gasteiger partial charge in [0.25, 0.3) is 0 Å². The van der Waals surface area contributed by atoms with Crippen LogP contribution in [0, 0.1) is 5.92 Å². The van der Waals surface area contributed by atoms with Gasteiger partial charge in [-0.3, -0.25) is 4.90 Å². The lowest BCUT2D eigenvalue weighted by atomic mass is 9.68. The molecule has 2 heterocycles. The molecule has 1 aromatic carbocycles. The summed E-state index contributed by atoms with van der Waals surface area (Å²) < 4.78 is 28.8. The topological polar surface area (TPSA) is 70.2 Å². The quantitative estimate of drug-likeness (QED) is 0.638. The number of hydrogen-bond acceptors (Lipinski definition) is 5. The zero-order valence-electron chi connectivity index (χ0n) is 18.9. The summed E-state index contributed by atoms with van der Waals surface area (Å²) in [4.78, 5) is 19.5. The average molecular weight is 450 g/mol. The molecule has 0 N–H and O–H groups in total. The Labute approximate surface area is 186 Å². The van der Waals surface area contributed by atoms with Crippen molar-refractivity contribution < 1.29 is 17.9 Å². The summed E-state index contributed by atoms with van der Waals surface area (Å²) in [5.74, 6) is 0.395. The second-order valence-electron chi connectivity index (χ2n) is 9.86. The van der Waals surface area contributed by atoms with Crippen LogP contribution < -0.4 is 0 Å². The monoisotopic (exact) mass is 449 g/mol. The highest BCUT2D eigenvalue weighted by atomic mass is 32.2. The number of carbonyl (C=O) groups is 1. The first-order valence-corrected chi connectivity index (χ1v) is 13.3. The molecule has 0 radical (unpaired) electrons. The second-order valence-corrected chi connectivity index (χ2v) is 12.1. The van der Waals surface area contributed by atoms with E-state index in [9.17, 15) is 13.2 Å². The third-order valence-electron chi connectivity index (χ3n) is 7.61. The molecule has 1 aliphatic carbocycles. The zero-order chi connectivity index (χ0) is 22.3. The van der Waals surface area contributed by atoms with E-state index in [0.717, 1.165) is 25.7 Å². The molecule has 0 aromatic heterocycles. The fraction of sp³-hybridized carbons (Fsp3) is 0.696. The third-order valence-corrected chi connectivity index (χ3v) is 8.54. The van der Waals surface area contributed by atoms with E-state index in [-0.39, 0.29) is 29.4 Å². The fourth-order valence-electron chi connectivity index (χ4n) is 5.55. The van der Waals surface area contributed by atoms with Crippen LogP contribution in [0.1, 0.15) is 31.2 Å². The van der Waals surface area contributed by atoms with Crippen LogP contribution in [0.4, 0.5) is 4.79 Å². The molecule has 4 rings (SSSR count). The largest absolute Gasteiger partial charge is 0.381 e. The molecule has 1 aromatic rings. The summed E-state index contributed by atoms with van der Waals surface area (Å²) in [6, 6.07) is 10.7. The minimum absolute atomic E-state index is 0.00684. The predicted octanol–water partition coefficient (Wildman–Crippen LogP) is 2.18. The molecule has 8 heteroatoms. The highest BCUT2D eigenvalue weighted by molar-refractivity contribution is 7.90. The molecule has 0 unspecified atom stereocenters. The van der Waals surface area contributed by atoms with Gasteiger partial charge in [-0.25, -0.2) is 13.2 Å². The van der Waals surface area contributed by atoms with Gasteiger partial charge >= 0.3 is 6.03 Å². The van der Waals surface area contributed by atoms with Crippen molar-refractivity contribution in [3.05, 3.63) is 35.9 Å². The van der Waals surface area contributed by atoms with Crippen LogP contribution in [0.3, 0.4) is 0 Å². The van der Waals surface area contributed by atoms with Crippen LogP contribution in [-0.2, 0) is 20.1 Å². The van der Waals surface area contributed by atoms with Gasteiger partial charge in [0.05, 0.1) is 24.5 Å². The van der Waals surface area contributed by atoms with Crippen LogP contribution in [0.2, 0.25) is 0 Å². The maximum absolute atomic E-state index is 13.3. The lowest BCUT2D eigenvalue weighted by Gasteiger charge is -2.51. The molecule has 2 aliphatic heterocycles. The van der Waals surface area contributed by atoms with Crippen molar-refractivity contribution in [1.29, 1.82) is 0 Å². The molecule has 1 spiro atoms. The molecule has 31 heavy (non-hydrogen) atoms. The highest BCUT2D eigenvalue weighted by Gasteiger charge is 2.54. The second kappa shape index (κ2) is 8.37. The summed E-state index contributed by atoms with van der Waals surface area (Å²) in [5.41, 5.74) is 1.06. The fourth-order valence-corrected chi connectivity index (χ4v) is 6.10. The first kappa shape index (κ1) is 22.6. The van der Waals surface area contributed by atoms with Gasteiger partial charge in [0.2, 0.25) is 0 Å². The number of nitrogens with zero attached hydrogens (tertiary/aromatic N) is 3. The Balaban J connectivity index is 1.57. The number of carbonyl (C=O) groups excluding carboxylic acids is 1. The number of rotatable bonds is 7. The van der Waals surface area contributed by atoms with Gasteiger partial charge in [-0.05, 0) is 45.3 Å². The summed E-state index contributed by atoms with van der Waals surface area (Å²) in [7, 11) is 1.17. The SMILES string of the molecule is CN(C)[C@]1(c2ccccc2)CC[C@@]2(CC1)CN(CCS(C)(=O)=O)C(=O)N2CC1COC1. The normalized spacial score (nSPS) is 29.7. The van der Waals surface area contributed by atoms with Crippen molar-refractivity contribution >= 4 is 15.9 Å². The van der Waals surface area contributed by atoms with Crippen LogP contribution in [0.5, 0.6) is 0 Å². The molecular weight excluding hydrogens is 414 g/mol. The molecule has 2 amide bonds. The average Bonchev–Trinajstić information content (AvgIpc) is 2.95. The summed E-state index contributed by atoms with van der Waals surface area (Å²) in [6.07, 6.45) is 4.99. The Morgan fingerprint density at radius 1 is 1.10 bits per heavy atom. The summed E-state index contributed by atoms with van der Waals surface area (Å²) in [6.45, 7) is 3.00. The molecule has 3 aliphatic rings. The summed E-state index contributed by atoms with van der Waals surface area (Å²) >= 11 is 0. The van der Waals surface area contributed by atoms with Crippen molar-refractivity contribution in [2.45, 2.75) is 36.8 Å². The van der Waals surface area contributed by atoms with Crippen LogP contribution in [0.25, 0.3) is 0 Å². The van der Waals surface area contributed by atoms with Crippen molar-refractivity contribution in [3.63, 3.8) is 0 Å². The highest BCUT2D eigenvalue weighted by Crippen LogP contribution is 2.49. The number of benzene rings is 1. The van der Waals surface area contributed by atoms with E-state index in [1.807, 2.05) is 0 Å². The molecule has 172 valence electrons. The Hall–Kier alpha value is -1.64. The lowest BCUT2D eigenvalue weighted by molar-refractivity contribution is -0.0569. The number of amides is 2. The van der Waals surface area contributed by atoms with Crippen molar-refractivity contribution in [2.75, 3.05) is 59.0 Å². The number of urea groups is 1. The van der Waals surface area contributed by atoms with E-state index in [2.05, 4.69) is 54.2 Å². The molecule has 1 saturated carbocycles. The van der Waals surface area contributed by atoms with E-state index < -0.39 is 9.84 Å². The van der Waals surface area contributed by atoms with Gasteiger partial charge in [0.15, 0.2) is 0 Å². The predicted molar refractivity (Wildman–Crippen MR) is 121 cm³/mol. The number of sulfone groups is 1. The van der Waals surface area contributed by atoms with Gasteiger partial charge in [0, 0.05) is 37.3 Å². The van der Waals surface area contributed by atoms with Crippen LogP contribution >= 0.6 is 0 Å². The molecular formula is C23H35N3O4S. The van der Waals surface area contributed by atoms with E-state index in [1.165, 1.54) is 11.8 Å². The van der Waals surface area contributed by atoms with Crippen molar-refractivity contribution in [1.82, 2.24) is 14.7 Å². The Morgan fingerprint density at radius 2 is 1.74 bits per heavy atom. The van der Waals surface area contributed by atoms with Gasteiger partial charge < -0.3 is 14.5 Å². The van der Waals surface area contributed by atoms with Gasteiger partial charge in [-0.1, -0.05) is 30.3 Å². The van der Waals surface area contributed by atoms with Gasteiger partial charge in [-0.2, -0.15) is 0 Å². The minimum atomic E-state index is -3.12. The first-order valence-electron chi connectivity index (χ1n) is 11.2. The molecule has 3 fully saturated rings. The number of hydrogen-bond donors (Lipinski definition) is 0. The molecule has 0 atom stereocenters. The smallest absolute Gasteiger partial charge is 0.320 e. The van der Waals surface area contributed by atoms with Crippen LogP contribution in [0.15, 0.2) is 30.3 Å². The molecule has 0 bridgehead atoms. The van der Waals surface area contributed by atoms with Gasteiger partial charge in [0.1, 0.15) is 9.84 Å².